The van der Waals surface area contributed by atoms with E-state index < -0.39 is 0 Å². The van der Waals surface area contributed by atoms with E-state index in [1.54, 1.807) is 12.1 Å². The summed E-state index contributed by atoms with van der Waals surface area (Å²) in [6.07, 6.45) is 0. The standard InChI is InChI=1S/C12H13ClN4/c1-7-2-3-8(6-9(7)13)16-11-5-4-10(14)12(15)17-11/h2-6H,14H2,1H3,(H3,15,16,17). The van der Waals surface area contributed by atoms with Crippen LogP contribution in [0.1, 0.15) is 5.56 Å². The minimum absolute atomic E-state index is 0.313. The second-order valence-electron chi connectivity index (χ2n) is 3.76. The van der Waals surface area contributed by atoms with Gasteiger partial charge in [0.1, 0.15) is 11.6 Å². The topological polar surface area (TPSA) is 77.0 Å². The van der Waals surface area contributed by atoms with Crippen molar-refractivity contribution in [2.45, 2.75) is 6.92 Å². The predicted octanol–water partition coefficient (Wildman–Crippen LogP) is 2.95. The maximum Gasteiger partial charge on any atom is 0.149 e. The van der Waals surface area contributed by atoms with Crippen LogP contribution < -0.4 is 16.8 Å². The third-order valence-electron chi connectivity index (χ3n) is 2.40. The molecule has 0 unspecified atom stereocenters. The highest BCUT2D eigenvalue weighted by molar-refractivity contribution is 6.31. The molecule has 1 aromatic carbocycles. The Labute approximate surface area is 105 Å². The number of nitrogen functional groups attached to an aromatic ring is 2. The van der Waals surface area contributed by atoms with Gasteiger partial charge in [0, 0.05) is 10.7 Å². The summed E-state index contributed by atoms with van der Waals surface area (Å²) < 4.78 is 0. The van der Waals surface area contributed by atoms with Crippen molar-refractivity contribution in [2.24, 2.45) is 0 Å². The van der Waals surface area contributed by atoms with Gasteiger partial charge in [0.15, 0.2) is 0 Å². The molecule has 4 nitrogen and oxygen atoms in total. The van der Waals surface area contributed by atoms with E-state index in [1.165, 1.54) is 0 Å². The number of rotatable bonds is 2. The molecule has 17 heavy (non-hydrogen) atoms. The first-order valence-corrected chi connectivity index (χ1v) is 5.49. The van der Waals surface area contributed by atoms with E-state index in [2.05, 4.69) is 10.3 Å². The number of anilines is 4. The number of pyridine rings is 1. The minimum atomic E-state index is 0.313. The quantitative estimate of drug-likeness (QED) is 0.764. The summed E-state index contributed by atoms with van der Waals surface area (Å²) in [4.78, 5) is 4.12. The predicted molar refractivity (Wildman–Crippen MR) is 72.5 cm³/mol. The van der Waals surface area contributed by atoms with Gasteiger partial charge in [-0.05, 0) is 36.8 Å². The van der Waals surface area contributed by atoms with Gasteiger partial charge in [0.05, 0.1) is 5.69 Å². The fourth-order valence-electron chi connectivity index (χ4n) is 1.37. The Kier molecular flexibility index (Phi) is 3.06. The van der Waals surface area contributed by atoms with Crippen LogP contribution in [0.5, 0.6) is 0 Å². The summed E-state index contributed by atoms with van der Waals surface area (Å²) in [5.74, 6) is 0.949. The molecule has 2 rings (SSSR count). The molecule has 5 heteroatoms. The van der Waals surface area contributed by atoms with Crippen LogP contribution in [0.2, 0.25) is 5.02 Å². The molecule has 0 aliphatic heterocycles. The number of hydrogen-bond acceptors (Lipinski definition) is 4. The first-order chi connectivity index (χ1) is 8.06. The van der Waals surface area contributed by atoms with Crippen molar-refractivity contribution in [1.82, 2.24) is 4.98 Å². The monoisotopic (exact) mass is 248 g/mol. The van der Waals surface area contributed by atoms with E-state index in [9.17, 15) is 0 Å². The van der Waals surface area contributed by atoms with Crippen LogP contribution in [0.4, 0.5) is 23.0 Å². The van der Waals surface area contributed by atoms with Gasteiger partial charge in [-0.15, -0.1) is 0 Å². The van der Waals surface area contributed by atoms with E-state index in [4.69, 9.17) is 23.1 Å². The molecular formula is C12H13ClN4. The lowest BCUT2D eigenvalue weighted by atomic mass is 10.2. The van der Waals surface area contributed by atoms with E-state index in [0.29, 0.717) is 22.3 Å². The molecule has 5 N–H and O–H groups in total. The minimum Gasteiger partial charge on any atom is -0.396 e. The molecule has 88 valence electrons. The van der Waals surface area contributed by atoms with Gasteiger partial charge >= 0.3 is 0 Å². The van der Waals surface area contributed by atoms with Gasteiger partial charge < -0.3 is 16.8 Å². The number of nitrogens with two attached hydrogens (primary N) is 2. The van der Waals surface area contributed by atoms with Gasteiger partial charge in [-0.25, -0.2) is 4.98 Å². The molecule has 0 fully saturated rings. The van der Waals surface area contributed by atoms with Crippen LogP contribution >= 0.6 is 11.6 Å². The number of aromatic nitrogens is 1. The zero-order valence-corrected chi connectivity index (χ0v) is 10.1. The van der Waals surface area contributed by atoms with Gasteiger partial charge in [0.2, 0.25) is 0 Å². The summed E-state index contributed by atoms with van der Waals surface area (Å²) in [6, 6.07) is 9.17. The zero-order chi connectivity index (χ0) is 12.4. The summed E-state index contributed by atoms with van der Waals surface area (Å²) in [6.45, 7) is 1.95. The van der Waals surface area contributed by atoms with E-state index in [-0.39, 0.29) is 0 Å². The summed E-state index contributed by atoms with van der Waals surface area (Å²) >= 11 is 6.03. The maximum atomic E-state index is 6.03. The molecule has 0 bridgehead atoms. The number of aryl methyl sites for hydroxylation is 1. The number of halogens is 1. The van der Waals surface area contributed by atoms with Gasteiger partial charge in [0.25, 0.3) is 0 Å². The Hall–Kier alpha value is -1.94. The van der Waals surface area contributed by atoms with Crippen molar-refractivity contribution in [1.29, 1.82) is 0 Å². The Bertz CT molecular complexity index is 505. The average molecular weight is 249 g/mol. The Balaban J connectivity index is 2.25. The van der Waals surface area contributed by atoms with Crippen molar-refractivity contribution in [3.8, 4) is 0 Å². The highest BCUT2D eigenvalue weighted by Crippen LogP contribution is 2.23. The van der Waals surface area contributed by atoms with E-state index >= 15 is 0 Å². The van der Waals surface area contributed by atoms with Gasteiger partial charge in [-0.1, -0.05) is 17.7 Å². The molecule has 0 amide bonds. The van der Waals surface area contributed by atoms with Crippen LogP contribution in [0, 0.1) is 6.92 Å². The third-order valence-corrected chi connectivity index (χ3v) is 2.81. The first-order valence-electron chi connectivity index (χ1n) is 5.11. The average Bonchev–Trinajstić information content (AvgIpc) is 2.29. The molecule has 0 aliphatic carbocycles. The molecule has 1 aromatic heterocycles. The summed E-state index contributed by atoms with van der Waals surface area (Å²) in [5, 5.41) is 3.82. The van der Waals surface area contributed by atoms with Crippen LogP contribution in [-0.4, -0.2) is 4.98 Å². The Morgan fingerprint density at radius 3 is 2.59 bits per heavy atom. The third kappa shape index (κ3) is 2.60. The fraction of sp³-hybridized carbons (Fsp3) is 0.0833. The lowest BCUT2D eigenvalue weighted by Crippen LogP contribution is -2.01. The van der Waals surface area contributed by atoms with Crippen molar-refractivity contribution >= 4 is 34.6 Å². The van der Waals surface area contributed by atoms with E-state index in [1.807, 2.05) is 25.1 Å². The molecule has 2 aromatic rings. The highest BCUT2D eigenvalue weighted by Gasteiger charge is 2.01. The summed E-state index contributed by atoms with van der Waals surface area (Å²) in [7, 11) is 0. The Morgan fingerprint density at radius 2 is 1.94 bits per heavy atom. The molecule has 0 spiro atoms. The molecule has 0 saturated heterocycles. The number of nitrogens with zero attached hydrogens (tertiary/aromatic N) is 1. The SMILES string of the molecule is Cc1ccc(Nc2ccc(N)c(N)n2)cc1Cl. The molecule has 0 saturated carbocycles. The van der Waals surface area contributed by atoms with Crippen LogP contribution in [0.15, 0.2) is 30.3 Å². The van der Waals surface area contributed by atoms with Crippen molar-refractivity contribution in [3.63, 3.8) is 0 Å². The van der Waals surface area contributed by atoms with E-state index in [0.717, 1.165) is 11.3 Å². The molecule has 0 aliphatic rings. The lowest BCUT2D eigenvalue weighted by Gasteiger charge is -2.08. The molecule has 0 atom stereocenters. The molecular weight excluding hydrogens is 236 g/mol. The lowest BCUT2D eigenvalue weighted by molar-refractivity contribution is 1.31. The van der Waals surface area contributed by atoms with Crippen molar-refractivity contribution in [2.75, 3.05) is 16.8 Å². The number of benzene rings is 1. The Morgan fingerprint density at radius 1 is 1.18 bits per heavy atom. The first kappa shape index (κ1) is 11.5. The largest absolute Gasteiger partial charge is 0.396 e. The second kappa shape index (κ2) is 4.51. The van der Waals surface area contributed by atoms with Crippen LogP contribution in [0.3, 0.4) is 0 Å². The zero-order valence-electron chi connectivity index (χ0n) is 9.37. The van der Waals surface area contributed by atoms with Gasteiger partial charge in [-0.3, -0.25) is 0 Å². The molecule has 1 heterocycles. The van der Waals surface area contributed by atoms with Gasteiger partial charge in [-0.2, -0.15) is 0 Å². The van der Waals surface area contributed by atoms with Crippen molar-refractivity contribution in [3.05, 3.63) is 40.9 Å². The normalized spacial score (nSPS) is 10.2. The maximum absolute atomic E-state index is 6.03. The fourth-order valence-corrected chi connectivity index (χ4v) is 1.55. The molecule has 0 radical (unpaired) electrons. The summed E-state index contributed by atoms with van der Waals surface area (Å²) in [5.41, 5.74) is 13.6. The number of hydrogen-bond donors (Lipinski definition) is 3. The van der Waals surface area contributed by atoms with Crippen LogP contribution in [-0.2, 0) is 0 Å². The highest BCUT2D eigenvalue weighted by atomic mass is 35.5. The van der Waals surface area contributed by atoms with Crippen molar-refractivity contribution < 1.29 is 0 Å². The smallest absolute Gasteiger partial charge is 0.149 e. The van der Waals surface area contributed by atoms with Crippen LogP contribution in [0.25, 0.3) is 0 Å². The number of nitrogens with one attached hydrogen (secondary N) is 1. The second-order valence-corrected chi connectivity index (χ2v) is 4.17.